The topological polar surface area (TPSA) is 25.2 Å². The summed E-state index contributed by atoms with van der Waals surface area (Å²) in [7, 11) is 0. The van der Waals surface area contributed by atoms with Crippen LogP contribution in [0.25, 0.3) is 27.8 Å². The number of fused-ring (bicyclic) bond motifs is 6. The highest BCUT2D eigenvalue weighted by Crippen LogP contribution is 2.50. The Hall–Kier alpha value is -6.64. The number of benzene rings is 6. The van der Waals surface area contributed by atoms with Crippen LogP contribution in [0.2, 0.25) is 0 Å². The summed E-state index contributed by atoms with van der Waals surface area (Å²) in [4.78, 5) is 8.90. The Morgan fingerprint density at radius 2 is 1.21 bits per heavy atom. The van der Waals surface area contributed by atoms with Gasteiger partial charge in [0.2, 0.25) is 0 Å². The van der Waals surface area contributed by atoms with Crippen molar-refractivity contribution in [2.24, 2.45) is 10.9 Å². The molecule has 0 aliphatic heterocycles. The molecule has 0 N–H and O–H groups in total. The van der Waals surface area contributed by atoms with E-state index in [4.69, 9.17) is 4.99 Å². The van der Waals surface area contributed by atoms with Crippen LogP contribution in [0, 0.1) is 40.5 Å². The molecule has 1 aromatic heterocycles. The van der Waals surface area contributed by atoms with Crippen LogP contribution in [-0.2, 0) is 0 Å². The number of nitrogens with zero attached hydrogens (tertiary/aromatic N) is 2. The van der Waals surface area contributed by atoms with Crippen molar-refractivity contribution < 1.29 is 0 Å². The Bertz CT molecular complexity index is 2730. The van der Waals surface area contributed by atoms with E-state index in [-0.39, 0.29) is 0 Å². The summed E-state index contributed by atoms with van der Waals surface area (Å²) in [6.07, 6.45) is 15.5. The number of para-hydroxylation sites is 1. The highest BCUT2D eigenvalue weighted by atomic mass is 14.7. The maximum atomic E-state index is 4.74. The Labute approximate surface area is 377 Å². The van der Waals surface area contributed by atoms with E-state index in [0.29, 0.717) is 17.8 Å². The average molecular weight is 823 g/mol. The second-order valence-electron chi connectivity index (χ2n) is 17.3. The number of hydrogen-bond donors (Lipinski definition) is 0. The smallest absolute Gasteiger partial charge is 0.0662 e. The van der Waals surface area contributed by atoms with Crippen molar-refractivity contribution in [3.05, 3.63) is 244 Å². The standard InChI is InChI=1S/C20H18N2.C18H16.C15H18.C8H10/c1-15-6-3-4-8-20(15)22-16(2)17-9-11-18(12-10-17)19-7-5-13-21-14-19;1-2-8-14-13(7-1)15-9-3-4-11-17(15)18-12-6-5-10-16(14)18;1-10-5-6-11(2)14(9-10)15-12(3)7-8-13(15)4;1-7-3-5-8(2)6-4-7/h3-14H,1-2H3;1-5,7-11,16,18H,6,12H2;5-9,12H,1-4H3;3-6H,1-2H3. The van der Waals surface area contributed by atoms with Crippen LogP contribution in [-0.4, -0.2) is 10.7 Å². The summed E-state index contributed by atoms with van der Waals surface area (Å²) in [5.74, 6) is 1.83. The first-order valence-electron chi connectivity index (χ1n) is 22.5. The first-order chi connectivity index (χ1) is 30.6. The number of aliphatic imine (C=N–C) groups is 1. The van der Waals surface area contributed by atoms with Crippen LogP contribution >= 0.6 is 0 Å². The van der Waals surface area contributed by atoms with Crippen LogP contribution in [0.3, 0.4) is 0 Å². The number of allylic oxidation sites excluding steroid dienone is 6. The first-order valence-corrected chi connectivity index (χ1v) is 22.5. The van der Waals surface area contributed by atoms with E-state index < -0.39 is 0 Å². The molecule has 316 valence electrons. The van der Waals surface area contributed by atoms with Crippen molar-refractivity contribution in [1.82, 2.24) is 4.98 Å². The summed E-state index contributed by atoms with van der Waals surface area (Å²) in [6.45, 7) is 17.1. The van der Waals surface area contributed by atoms with E-state index in [1.54, 1.807) is 11.8 Å². The highest BCUT2D eigenvalue weighted by Gasteiger charge is 2.32. The molecule has 0 bridgehead atoms. The lowest BCUT2D eigenvalue weighted by molar-refractivity contribution is 0.547. The van der Waals surface area contributed by atoms with Gasteiger partial charge in [0, 0.05) is 29.9 Å². The summed E-state index contributed by atoms with van der Waals surface area (Å²) in [6, 6.07) is 53.7. The third kappa shape index (κ3) is 11.1. The van der Waals surface area contributed by atoms with Gasteiger partial charge in [-0.05, 0) is 146 Å². The highest BCUT2D eigenvalue weighted by molar-refractivity contribution is 6.00. The number of hydrogen-bond acceptors (Lipinski definition) is 2. The van der Waals surface area contributed by atoms with Crippen molar-refractivity contribution in [3.63, 3.8) is 0 Å². The summed E-state index contributed by atoms with van der Waals surface area (Å²) in [5.41, 5.74) is 22.3. The molecule has 3 unspecified atom stereocenters. The second kappa shape index (κ2) is 21.0. The van der Waals surface area contributed by atoms with Gasteiger partial charge in [-0.1, -0.05) is 187 Å². The molecule has 2 heteroatoms. The normalized spacial score (nSPS) is 16.8. The van der Waals surface area contributed by atoms with E-state index in [0.717, 1.165) is 22.5 Å². The summed E-state index contributed by atoms with van der Waals surface area (Å²) >= 11 is 0. The Balaban J connectivity index is 0.000000132. The molecule has 0 amide bonds. The van der Waals surface area contributed by atoms with Gasteiger partial charge in [-0.15, -0.1) is 0 Å². The van der Waals surface area contributed by atoms with Crippen LogP contribution in [0.5, 0.6) is 0 Å². The molecule has 1 heterocycles. The predicted octanol–water partition coefficient (Wildman–Crippen LogP) is 16.7. The van der Waals surface area contributed by atoms with Gasteiger partial charge in [0.25, 0.3) is 0 Å². The Morgan fingerprint density at radius 3 is 1.86 bits per heavy atom. The second-order valence-corrected chi connectivity index (χ2v) is 17.3. The van der Waals surface area contributed by atoms with Crippen LogP contribution in [0.15, 0.2) is 199 Å². The molecule has 10 rings (SSSR count). The zero-order valence-corrected chi connectivity index (χ0v) is 38.4. The van der Waals surface area contributed by atoms with Gasteiger partial charge < -0.3 is 0 Å². The fourth-order valence-electron chi connectivity index (χ4n) is 8.93. The molecular weight excluding hydrogens is 761 g/mol. The maximum Gasteiger partial charge on any atom is 0.0662 e. The lowest BCUT2D eigenvalue weighted by Crippen LogP contribution is -2.18. The summed E-state index contributed by atoms with van der Waals surface area (Å²) in [5, 5.41) is 0. The van der Waals surface area contributed by atoms with Gasteiger partial charge in [-0.3, -0.25) is 9.98 Å². The minimum absolute atomic E-state index is 0.561. The van der Waals surface area contributed by atoms with Gasteiger partial charge in [0.05, 0.1) is 5.69 Å². The molecule has 0 saturated heterocycles. The van der Waals surface area contributed by atoms with Crippen molar-refractivity contribution in [1.29, 1.82) is 0 Å². The van der Waals surface area contributed by atoms with Gasteiger partial charge in [-0.25, -0.2) is 0 Å². The molecule has 0 radical (unpaired) electrons. The monoisotopic (exact) mass is 822 g/mol. The zero-order valence-electron chi connectivity index (χ0n) is 38.4. The average Bonchev–Trinajstić information content (AvgIpc) is 3.66. The minimum Gasteiger partial charge on any atom is -0.264 e. The van der Waals surface area contributed by atoms with E-state index in [1.165, 1.54) is 79.6 Å². The SMILES string of the molecule is C1=CC2c3ccccc3-c3ccccc3C2CC1.CC(=Nc1ccccc1C)c1ccc(-c2cccnc2)cc1.CC1=C(c2cc(C)ccc2C)C(C)C=C1.Cc1ccc(C)cc1. The predicted molar refractivity (Wildman–Crippen MR) is 271 cm³/mol. The third-order valence-electron chi connectivity index (χ3n) is 12.5. The minimum atomic E-state index is 0.561. The molecule has 0 fully saturated rings. The maximum absolute atomic E-state index is 4.74. The van der Waals surface area contributed by atoms with E-state index in [1.807, 2.05) is 37.4 Å². The van der Waals surface area contributed by atoms with Crippen LogP contribution in [0.1, 0.15) is 95.5 Å². The quantitative estimate of drug-likeness (QED) is 0.128. The summed E-state index contributed by atoms with van der Waals surface area (Å²) < 4.78 is 0. The fourth-order valence-corrected chi connectivity index (χ4v) is 8.93. The van der Waals surface area contributed by atoms with Crippen LogP contribution < -0.4 is 0 Å². The van der Waals surface area contributed by atoms with Crippen molar-refractivity contribution in [3.8, 4) is 22.3 Å². The van der Waals surface area contributed by atoms with Crippen molar-refractivity contribution >= 4 is 17.0 Å². The third-order valence-corrected chi connectivity index (χ3v) is 12.5. The van der Waals surface area contributed by atoms with Crippen molar-refractivity contribution in [2.75, 3.05) is 0 Å². The fraction of sp³-hybridized carbons (Fsp3) is 0.213. The van der Waals surface area contributed by atoms with Crippen LogP contribution in [0.4, 0.5) is 5.69 Å². The Kier molecular flexibility index (Phi) is 14.8. The van der Waals surface area contributed by atoms with E-state index in [9.17, 15) is 0 Å². The number of aryl methyl sites for hydroxylation is 5. The number of aromatic nitrogens is 1. The molecule has 3 aliphatic rings. The largest absolute Gasteiger partial charge is 0.264 e. The molecule has 3 aliphatic carbocycles. The van der Waals surface area contributed by atoms with Gasteiger partial charge in [0.15, 0.2) is 0 Å². The lowest BCUT2D eigenvalue weighted by Gasteiger charge is -2.36. The van der Waals surface area contributed by atoms with Gasteiger partial charge in [0.1, 0.15) is 0 Å². The molecule has 6 aromatic carbocycles. The number of pyridine rings is 1. The zero-order chi connectivity index (χ0) is 44.3. The lowest BCUT2D eigenvalue weighted by atomic mass is 9.68. The number of rotatable bonds is 4. The first kappa shape index (κ1) is 44.4. The van der Waals surface area contributed by atoms with Crippen molar-refractivity contribution in [2.45, 2.75) is 80.1 Å². The molecule has 0 saturated carbocycles. The Morgan fingerprint density at radius 1 is 0.571 bits per heavy atom. The molecule has 7 aromatic rings. The molecular formula is C61H62N2. The molecule has 63 heavy (non-hydrogen) atoms. The van der Waals surface area contributed by atoms with E-state index in [2.05, 4.69) is 205 Å². The van der Waals surface area contributed by atoms with E-state index >= 15 is 0 Å². The molecule has 0 spiro atoms. The van der Waals surface area contributed by atoms with Gasteiger partial charge >= 0.3 is 0 Å². The van der Waals surface area contributed by atoms with Gasteiger partial charge in [-0.2, -0.15) is 0 Å². The molecule has 3 atom stereocenters. The molecule has 2 nitrogen and oxygen atoms in total.